The first-order valence-electron chi connectivity index (χ1n) is 12.2. The lowest BCUT2D eigenvalue weighted by Crippen LogP contribution is -2.33. The fourth-order valence-corrected chi connectivity index (χ4v) is 7.56. The summed E-state index contributed by atoms with van der Waals surface area (Å²) in [4.78, 5) is 3.66. The Kier molecular flexibility index (Phi) is 6.34. The summed E-state index contributed by atoms with van der Waals surface area (Å²) in [6.45, 7) is 6.25. The molecule has 1 aliphatic heterocycles. The quantitative estimate of drug-likeness (QED) is 0.240. The monoisotopic (exact) mass is 525 g/mol. The number of allylic oxidation sites excluding steroid dienone is 6. The van der Waals surface area contributed by atoms with Crippen LogP contribution in [0.25, 0.3) is 27.4 Å². The highest BCUT2D eigenvalue weighted by atomic mass is 35.5. The number of nitrogens with zero attached hydrogens (tertiary/aromatic N) is 2. The maximum absolute atomic E-state index is 7.08. The van der Waals surface area contributed by atoms with Gasteiger partial charge in [-0.3, -0.25) is 0 Å². The molecule has 0 N–H and O–H groups in total. The highest BCUT2D eigenvalue weighted by molar-refractivity contribution is 8.03. The van der Waals surface area contributed by atoms with E-state index in [1.54, 1.807) is 0 Å². The van der Waals surface area contributed by atoms with Gasteiger partial charge in [-0.15, -0.1) is 0 Å². The van der Waals surface area contributed by atoms with Crippen LogP contribution in [0, 0.1) is 0 Å². The Morgan fingerprint density at radius 3 is 2.44 bits per heavy atom. The van der Waals surface area contributed by atoms with Crippen molar-refractivity contribution in [2.24, 2.45) is 0 Å². The third-order valence-electron chi connectivity index (χ3n) is 6.67. The molecule has 0 saturated heterocycles. The molecule has 178 valence electrons. The highest BCUT2D eigenvalue weighted by Crippen LogP contribution is 2.47. The van der Waals surface area contributed by atoms with Crippen LogP contribution in [0.1, 0.15) is 30.0 Å². The van der Waals surface area contributed by atoms with Gasteiger partial charge in [0.1, 0.15) is 11.2 Å². The molecule has 0 saturated carbocycles. The number of thiazole rings is 1. The van der Waals surface area contributed by atoms with Crippen molar-refractivity contribution in [3.8, 4) is 0 Å². The lowest BCUT2D eigenvalue weighted by atomic mass is 10.0. The average Bonchev–Trinajstić information content (AvgIpc) is 3.54. The number of para-hydroxylation sites is 2. The van der Waals surface area contributed by atoms with E-state index in [1.807, 2.05) is 23.1 Å². The molecule has 2 nitrogen and oxygen atoms in total. The maximum atomic E-state index is 7.08. The summed E-state index contributed by atoms with van der Waals surface area (Å²) in [5, 5.41) is 3.26. The molecule has 0 spiro atoms. The second-order valence-electron chi connectivity index (χ2n) is 8.66. The van der Waals surface area contributed by atoms with Gasteiger partial charge in [0, 0.05) is 34.7 Å². The largest absolute Gasteiger partial charge is 0.335 e. The third-order valence-corrected chi connectivity index (χ3v) is 9.34. The molecule has 2 heterocycles. The second kappa shape index (κ2) is 9.78. The summed E-state index contributed by atoms with van der Waals surface area (Å²) >= 11 is 10.7. The summed E-state index contributed by atoms with van der Waals surface area (Å²) < 4.78 is 3.66. The van der Waals surface area contributed by atoms with E-state index in [-0.39, 0.29) is 0 Å². The third kappa shape index (κ3) is 3.94. The van der Waals surface area contributed by atoms with Crippen LogP contribution >= 0.6 is 34.7 Å². The Bertz CT molecular complexity index is 1610. The maximum Gasteiger partial charge on any atom is 0.262 e. The van der Waals surface area contributed by atoms with Gasteiger partial charge in [-0.2, -0.15) is 4.57 Å². The normalized spacial score (nSPS) is 17.2. The van der Waals surface area contributed by atoms with Gasteiger partial charge >= 0.3 is 0 Å². The van der Waals surface area contributed by atoms with Crippen LogP contribution in [0.3, 0.4) is 0 Å². The molecule has 1 aromatic heterocycles. The molecule has 5 heteroatoms. The molecule has 0 bridgehead atoms. The van der Waals surface area contributed by atoms with Gasteiger partial charge in [-0.1, -0.05) is 89.3 Å². The van der Waals surface area contributed by atoms with Crippen molar-refractivity contribution in [1.29, 1.82) is 0 Å². The second-order valence-corrected chi connectivity index (χ2v) is 11.2. The number of halogens is 1. The minimum absolute atomic E-state index is 0.803. The zero-order chi connectivity index (χ0) is 24.6. The van der Waals surface area contributed by atoms with E-state index in [9.17, 15) is 0 Å². The van der Waals surface area contributed by atoms with Crippen LogP contribution in [-0.4, -0.2) is 6.54 Å². The number of anilines is 1. The summed E-state index contributed by atoms with van der Waals surface area (Å²) in [5.41, 5.74) is 7.07. The number of hydrogen-bond acceptors (Lipinski definition) is 3. The Morgan fingerprint density at radius 1 is 0.861 bits per heavy atom. The van der Waals surface area contributed by atoms with Gasteiger partial charge in [0.2, 0.25) is 5.52 Å². The van der Waals surface area contributed by atoms with E-state index < -0.39 is 0 Å². The average molecular weight is 526 g/mol. The first-order valence-corrected chi connectivity index (χ1v) is 14.3. The zero-order valence-electron chi connectivity index (χ0n) is 20.2. The van der Waals surface area contributed by atoms with Gasteiger partial charge in [0.05, 0.1) is 15.7 Å². The fraction of sp³-hybridized carbons (Fsp3) is 0.129. The highest BCUT2D eigenvalue weighted by Gasteiger charge is 2.26. The summed E-state index contributed by atoms with van der Waals surface area (Å²) in [6.07, 6.45) is 8.80. The van der Waals surface area contributed by atoms with E-state index in [2.05, 4.69) is 120 Å². The SMILES string of the molecule is CCN1C(=CC=C2C(Cl)=C(C=Cc3sc4ccccc4[n+]3CC)c3ccccc32)Sc2ccccc21. The molecule has 2 aliphatic rings. The Hall–Kier alpha value is -3.05. The fourth-order valence-electron chi connectivity index (χ4n) is 4.98. The number of fused-ring (bicyclic) bond motifs is 3. The van der Waals surface area contributed by atoms with Crippen molar-refractivity contribution in [1.82, 2.24) is 0 Å². The zero-order valence-corrected chi connectivity index (χ0v) is 22.6. The van der Waals surface area contributed by atoms with Crippen LogP contribution in [0.15, 0.2) is 106 Å². The minimum Gasteiger partial charge on any atom is -0.335 e. The van der Waals surface area contributed by atoms with Crippen molar-refractivity contribution in [3.05, 3.63) is 117 Å². The van der Waals surface area contributed by atoms with E-state index in [1.165, 1.54) is 42.0 Å². The number of aryl methyl sites for hydroxylation is 1. The molecule has 0 unspecified atom stereocenters. The lowest BCUT2D eigenvalue weighted by molar-refractivity contribution is -0.665. The number of hydrogen-bond donors (Lipinski definition) is 0. The first kappa shape index (κ1) is 23.4. The van der Waals surface area contributed by atoms with E-state index in [0.717, 1.165) is 29.3 Å². The topological polar surface area (TPSA) is 7.12 Å². The Labute approximate surface area is 225 Å². The summed E-state index contributed by atoms with van der Waals surface area (Å²) in [5.74, 6) is 0. The number of benzene rings is 3. The van der Waals surface area contributed by atoms with Crippen molar-refractivity contribution in [3.63, 3.8) is 0 Å². The molecule has 4 aromatic rings. The van der Waals surface area contributed by atoms with E-state index >= 15 is 0 Å². The summed E-state index contributed by atoms with van der Waals surface area (Å²) in [7, 11) is 0. The van der Waals surface area contributed by atoms with Crippen molar-refractivity contribution >= 4 is 67.8 Å². The molecule has 3 aromatic carbocycles. The van der Waals surface area contributed by atoms with Gasteiger partial charge < -0.3 is 4.90 Å². The number of rotatable bonds is 5. The molecule has 0 fully saturated rings. The van der Waals surface area contributed by atoms with Crippen LogP contribution in [-0.2, 0) is 6.54 Å². The first-order chi connectivity index (χ1) is 17.7. The molecule has 0 radical (unpaired) electrons. The van der Waals surface area contributed by atoms with Gasteiger partial charge in [0.25, 0.3) is 5.01 Å². The molecular weight excluding hydrogens is 500 g/mol. The summed E-state index contributed by atoms with van der Waals surface area (Å²) in [6, 6.07) is 25.7. The lowest BCUT2D eigenvalue weighted by Gasteiger charge is -2.17. The van der Waals surface area contributed by atoms with E-state index in [4.69, 9.17) is 11.6 Å². The smallest absolute Gasteiger partial charge is 0.262 e. The molecule has 0 amide bonds. The van der Waals surface area contributed by atoms with Gasteiger partial charge in [0.15, 0.2) is 0 Å². The predicted molar refractivity (Wildman–Crippen MR) is 157 cm³/mol. The minimum atomic E-state index is 0.803. The van der Waals surface area contributed by atoms with Crippen molar-refractivity contribution < 1.29 is 4.57 Å². The van der Waals surface area contributed by atoms with Crippen LogP contribution in [0.5, 0.6) is 0 Å². The number of aromatic nitrogens is 1. The molecule has 6 rings (SSSR count). The van der Waals surface area contributed by atoms with Crippen LogP contribution < -0.4 is 9.47 Å². The van der Waals surface area contributed by atoms with E-state index in [0.29, 0.717) is 0 Å². The Morgan fingerprint density at radius 2 is 1.61 bits per heavy atom. The molecule has 36 heavy (non-hydrogen) atoms. The predicted octanol–water partition coefficient (Wildman–Crippen LogP) is 8.74. The van der Waals surface area contributed by atoms with Crippen molar-refractivity contribution in [2.75, 3.05) is 11.4 Å². The molecular formula is C31H26ClN2S2+. The standard InChI is InChI=1S/C31H26ClN2S2/c1-3-33-25-13-7-9-15-27(25)35-29(33)19-17-23-21-11-5-6-12-22(21)24(31(23)32)18-20-30-34(4-2)26-14-8-10-16-28(26)36-30/h5-20H,3-4H2,1-2H3/q+1. The Balaban J connectivity index is 1.39. The van der Waals surface area contributed by atoms with Gasteiger partial charge in [-0.05, 0) is 55.3 Å². The van der Waals surface area contributed by atoms with Crippen LogP contribution in [0.2, 0.25) is 0 Å². The molecule has 0 atom stereocenters. The van der Waals surface area contributed by atoms with Crippen molar-refractivity contribution in [2.45, 2.75) is 25.3 Å². The number of thioether (sulfide) groups is 1. The van der Waals surface area contributed by atoms with Crippen LogP contribution in [0.4, 0.5) is 5.69 Å². The molecule has 1 aliphatic carbocycles. The van der Waals surface area contributed by atoms with Gasteiger partial charge in [-0.25, -0.2) is 0 Å².